The van der Waals surface area contributed by atoms with Crippen molar-refractivity contribution in [1.29, 1.82) is 0 Å². The van der Waals surface area contributed by atoms with E-state index in [1.165, 1.54) is 38.4 Å². The van der Waals surface area contributed by atoms with Crippen molar-refractivity contribution in [3.63, 3.8) is 0 Å². The van der Waals surface area contributed by atoms with E-state index in [9.17, 15) is 9.59 Å². The number of nitrogens with one attached hydrogen (secondary N) is 1. The quantitative estimate of drug-likeness (QED) is 0.199. The van der Waals surface area contributed by atoms with Gasteiger partial charge in [-0.3, -0.25) is 4.79 Å². The maximum atomic E-state index is 13.0. The Morgan fingerprint density at radius 1 is 1.17 bits per heavy atom. The summed E-state index contributed by atoms with van der Waals surface area (Å²) in [4.78, 5) is 28.2. The summed E-state index contributed by atoms with van der Waals surface area (Å²) in [7, 11) is 0. The number of anilines is 1. The molecule has 0 aromatic carbocycles. The van der Waals surface area contributed by atoms with Crippen LogP contribution in [0.25, 0.3) is 11.4 Å². The first-order valence-corrected chi connectivity index (χ1v) is 14.8. The normalized spacial score (nSPS) is 13.4. The summed E-state index contributed by atoms with van der Waals surface area (Å²) < 4.78 is 7.43. The van der Waals surface area contributed by atoms with Crippen LogP contribution in [-0.2, 0) is 28.9 Å². The molecule has 35 heavy (non-hydrogen) atoms. The molecule has 10 heteroatoms. The minimum atomic E-state index is -0.344. The van der Waals surface area contributed by atoms with Crippen LogP contribution in [0.15, 0.2) is 10.5 Å². The minimum Gasteiger partial charge on any atom is -0.462 e. The van der Waals surface area contributed by atoms with Gasteiger partial charge in [-0.05, 0) is 64.0 Å². The number of amides is 1. The molecule has 0 bridgehead atoms. The van der Waals surface area contributed by atoms with E-state index in [-0.39, 0.29) is 17.6 Å². The van der Waals surface area contributed by atoms with Crippen molar-refractivity contribution >= 4 is 51.3 Å². The lowest BCUT2D eigenvalue weighted by Gasteiger charge is -2.10. The van der Waals surface area contributed by atoms with Gasteiger partial charge in [0.1, 0.15) is 5.00 Å². The zero-order valence-electron chi connectivity index (χ0n) is 20.7. The van der Waals surface area contributed by atoms with E-state index >= 15 is 0 Å². The lowest BCUT2D eigenvalue weighted by Crippen LogP contribution is -2.17. The minimum absolute atomic E-state index is 0.160. The van der Waals surface area contributed by atoms with Gasteiger partial charge in [-0.2, -0.15) is 0 Å². The molecule has 0 fully saturated rings. The van der Waals surface area contributed by atoms with E-state index in [0.29, 0.717) is 17.2 Å². The van der Waals surface area contributed by atoms with Crippen molar-refractivity contribution < 1.29 is 14.3 Å². The maximum absolute atomic E-state index is 13.0. The predicted octanol–water partition coefficient (Wildman–Crippen LogP) is 6.27. The summed E-state index contributed by atoms with van der Waals surface area (Å²) in [6.45, 7) is 9.23. The van der Waals surface area contributed by atoms with Crippen LogP contribution in [0.4, 0.5) is 5.00 Å². The molecule has 7 nitrogen and oxygen atoms in total. The number of thioether (sulfide) groups is 1. The lowest BCUT2D eigenvalue weighted by atomic mass is 10.1. The Bertz CT molecular complexity index is 1210. The van der Waals surface area contributed by atoms with Crippen molar-refractivity contribution in [3.8, 4) is 11.4 Å². The third-order valence-corrected chi connectivity index (χ3v) is 9.36. The van der Waals surface area contributed by atoms with Gasteiger partial charge in [-0.1, -0.05) is 25.1 Å². The fourth-order valence-corrected chi connectivity index (χ4v) is 7.22. The van der Waals surface area contributed by atoms with Crippen molar-refractivity contribution in [1.82, 2.24) is 14.8 Å². The van der Waals surface area contributed by atoms with Gasteiger partial charge in [0.2, 0.25) is 5.91 Å². The smallest absolute Gasteiger partial charge is 0.341 e. The van der Waals surface area contributed by atoms with Crippen molar-refractivity contribution in [2.45, 2.75) is 77.9 Å². The predicted molar refractivity (Wildman–Crippen MR) is 144 cm³/mol. The Labute approximate surface area is 218 Å². The van der Waals surface area contributed by atoms with Gasteiger partial charge >= 0.3 is 5.97 Å². The summed E-state index contributed by atoms with van der Waals surface area (Å²) in [6, 6.07) is 0. The molecule has 0 radical (unpaired) electrons. The Hall–Kier alpha value is -2.17. The average Bonchev–Trinajstić information content (AvgIpc) is 3.43. The largest absolute Gasteiger partial charge is 0.462 e. The SMILES string of the molecule is CCCn1c(SCC(=O)Nc2sc3c(c2C(=O)OCC)CCCCC3)nnc1-c1csc(C)c1C. The third-order valence-electron chi connectivity index (χ3n) is 6.18. The molecule has 0 saturated carbocycles. The fraction of sp³-hybridized carbons (Fsp3) is 0.520. The highest BCUT2D eigenvalue weighted by Gasteiger charge is 2.27. The van der Waals surface area contributed by atoms with Gasteiger partial charge < -0.3 is 14.6 Å². The standard InChI is InChI=1S/C25H32N4O3S3/c1-5-12-29-22(18-13-33-16(4)15(18)3)27-28-25(29)34-14-20(30)26-23-21(24(31)32-6-2)17-10-8-7-9-11-19(17)35-23/h13H,5-12,14H2,1-4H3,(H,26,30). The average molecular weight is 533 g/mol. The summed E-state index contributed by atoms with van der Waals surface area (Å²) in [6.07, 6.45) is 6.06. The molecule has 1 amide bonds. The topological polar surface area (TPSA) is 86.1 Å². The zero-order chi connectivity index (χ0) is 24.9. The number of hydrogen-bond donors (Lipinski definition) is 1. The second-order valence-electron chi connectivity index (χ2n) is 8.61. The van der Waals surface area contributed by atoms with E-state index in [0.717, 1.165) is 67.2 Å². The van der Waals surface area contributed by atoms with E-state index in [1.54, 1.807) is 18.3 Å². The molecule has 1 N–H and O–H groups in total. The number of rotatable bonds is 9. The molecule has 188 valence electrons. The number of nitrogens with zero attached hydrogens (tertiary/aromatic N) is 3. The first-order chi connectivity index (χ1) is 16.9. The van der Waals surface area contributed by atoms with Crippen LogP contribution in [0.3, 0.4) is 0 Å². The number of aryl methyl sites for hydroxylation is 2. The molecule has 3 heterocycles. The van der Waals surface area contributed by atoms with Gasteiger partial charge in [-0.15, -0.1) is 32.9 Å². The van der Waals surface area contributed by atoms with Crippen LogP contribution in [0.1, 0.15) is 70.8 Å². The molecule has 1 aliphatic rings. The van der Waals surface area contributed by atoms with E-state index in [1.807, 2.05) is 0 Å². The van der Waals surface area contributed by atoms with Gasteiger partial charge in [0.25, 0.3) is 0 Å². The highest BCUT2D eigenvalue weighted by Crippen LogP contribution is 2.38. The Morgan fingerprint density at radius 2 is 1.97 bits per heavy atom. The number of hydrogen-bond acceptors (Lipinski definition) is 8. The number of aromatic nitrogens is 3. The van der Waals surface area contributed by atoms with Crippen LogP contribution in [0.5, 0.6) is 0 Å². The molecule has 0 aliphatic heterocycles. The molecule has 3 aromatic heterocycles. The molecular weight excluding hydrogens is 501 g/mol. The monoisotopic (exact) mass is 532 g/mol. The second-order valence-corrected chi connectivity index (χ2v) is 11.7. The fourth-order valence-electron chi connectivity index (χ4n) is 4.30. The van der Waals surface area contributed by atoms with Crippen molar-refractivity contribution in [3.05, 3.63) is 31.8 Å². The summed E-state index contributed by atoms with van der Waals surface area (Å²) in [5.74, 6) is 0.535. The number of esters is 1. The molecule has 1 aliphatic carbocycles. The highest BCUT2D eigenvalue weighted by molar-refractivity contribution is 7.99. The van der Waals surface area contributed by atoms with Crippen molar-refractivity contribution in [2.75, 3.05) is 17.7 Å². The summed E-state index contributed by atoms with van der Waals surface area (Å²) in [5.41, 5.74) is 3.93. The summed E-state index contributed by atoms with van der Waals surface area (Å²) >= 11 is 4.61. The maximum Gasteiger partial charge on any atom is 0.341 e. The highest BCUT2D eigenvalue weighted by atomic mass is 32.2. The van der Waals surface area contributed by atoms with Crippen LogP contribution in [0.2, 0.25) is 0 Å². The van der Waals surface area contributed by atoms with Crippen LogP contribution < -0.4 is 5.32 Å². The van der Waals surface area contributed by atoms with Gasteiger partial charge in [-0.25, -0.2) is 4.79 Å². The second kappa shape index (κ2) is 11.7. The van der Waals surface area contributed by atoms with Crippen LogP contribution in [0, 0.1) is 13.8 Å². The molecule has 0 saturated heterocycles. The number of carbonyl (C=O) groups excluding carboxylic acids is 2. The Morgan fingerprint density at radius 3 is 2.69 bits per heavy atom. The number of thiophene rings is 2. The van der Waals surface area contributed by atoms with E-state index in [4.69, 9.17) is 4.74 Å². The molecule has 0 spiro atoms. The van der Waals surface area contributed by atoms with Crippen molar-refractivity contribution in [2.24, 2.45) is 0 Å². The molecule has 0 atom stereocenters. The van der Waals surface area contributed by atoms with E-state index in [2.05, 4.69) is 46.2 Å². The summed E-state index contributed by atoms with van der Waals surface area (Å²) in [5, 5.41) is 15.3. The zero-order valence-corrected chi connectivity index (χ0v) is 23.2. The molecule has 4 rings (SSSR count). The van der Waals surface area contributed by atoms with Gasteiger partial charge in [0.15, 0.2) is 11.0 Å². The van der Waals surface area contributed by atoms with Crippen LogP contribution in [-0.4, -0.2) is 39.0 Å². The van der Waals surface area contributed by atoms with Gasteiger partial charge in [0.05, 0.1) is 17.9 Å². The Kier molecular flexibility index (Phi) is 8.67. The number of carbonyl (C=O) groups is 2. The molecular formula is C25H32N4O3S3. The lowest BCUT2D eigenvalue weighted by molar-refractivity contribution is -0.113. The Balaban J connectivity index is 1.51. The molecule has 3 aromatic rings. The third kappa shape index (κ3) is 5.65. The number of ether oxygens (including phenoxy) is 1. The van der Waals surface area contributed by atoms with E-state index < -0.39 is 0 Å². The van der Waals surface area contributed by atoms with Gasteiger partial charge in [0, 0.05) is 27.2 Å². The first-order valence-electron chi connectivity index (χ1n) is 12.2. The van der Waals surface area contributed by atoms with Crippen LogP contribution >= 0.6 is 34.4 Å². The number of fused-ring (bicyclic) bond motifs is 1. The molecule has 0 unspecified atom stereocenters. The first kappa shape index (κ1) is 25.9.